The number of amides is 1. The molecular weight excluding hydrogens is 428 g/mol. The van der Waals surface area contributed by atoms with Crippen LogP contribution in [0.15, 0.2) is 84.9 Å². The summed E-state index contributed by atoms with van der Waals surface area (Å²) in [4.78, 5) is 12.3. The first-order chi connectivity index (χ1) is 17.2. The van der Waals surface area contributed by atoms with Gasteiger partial charge >= 0.3 is 0 Å². The summed E-state index contributed by atoms with van der Waals surface area (Å²) in [7, 11) is 0. The summed E-state index contributed by atoms with van der Waals surface area (Å²) in [5.74, 6) is -0.403. The quantitative estimate of drug-likeness (QED) is 0.236. The van der Waals surface area contributed by atoms with Crippen LogP contribution < -0.4 is 5.73 Å². The number of benzene rings is 4. The number of carbonyl (C=O) groups is 1. The van der Waals surface area contributed by atoms with Crippen LogP contribution in [0.1, 0.15) is 58.8 Å². The fraction of sp³-hybridized carbons (Fsp3) is 0.219. The predicted molar refractivity (Wildman–Crippen MR) is 145 cm³/mol. The molecule has 1 radical (unpaired) electrons. The van der Waals surface area contributed by atoms with Crippen LogP contribution >= 0.6 is 0 Å². The van der Waals surface area contributed by atoms with Gasteiger partial charge in [0.25, 0.3) is 0 Å². The maximum atomic E-state index is 12.3. The Hall–Kier alpha value is -3.85. The molecule has 175 valence electrons. The molecule has 0 atom stereocenters. The van der Waals surface area contributed by atoms with E-state index in [1.807, 2.05) is 12.1 Å². The van der Waals surface area contributed by atoms with Crippen molar-refractivity contribution in [3.8, 4) is 0 Å². The fourth-order valence-electron chi connectivity index (χ4n) is 5.07. The lowest BCUT2D eigenvalue weighted by atomic mass is 9.99. The molecule has 0 spiro atoms. The standard InChI is InChI=1S/C32H31N2O/c1-2-3-5-11-24-18-19-27-30(21-24)34(29-17-10-16-28(31(27)29)32(33)35)22-26-15-9-8-14-25(26)20-23-12-6-4-7-13-23/h4,6-10,12-18,21H,2-3,5,11,20,22H2,1H3,(H2,33,35). The Morgan fingerprint density at radius 2 is 1.63 bits per heavy atom. The molecule has 0 aliphatic heterocycles. The van der Waals surface area contributed by atoms with Gasteiger partial charge in [0.15, 0.2) is 0 Å². The molecule has 1 amide bonds. The van der Waals surface area contributed by atoms with Crippen LogP contribution in [0.25, 0.3) is 21.8 Å². The van der Waals surface area contributed by atoms with Crippen LogP contribution in [-0.2, 0) is 19.4 Å². The number of fused-ring (bicyclic) bond motifs is 3. The normalized spacial score (nSPS) is 11.3. The van der Waals surface area contributed by atoms with Crippen LogP contribution in [0.5, 0.6) is 0 Å². The molecule has 1 heterocycles. The number of hydrogen-bond donors (Lipinski definition) is 1. The van der Waals surface area contributed by atoms with Crippen molar-refractivity contribution in [2.75, 3.05) is 0 Å². The van der Waals surface area contributed by atoms with Crippen molar-refractivity contribution < 1.29 is 4.79 Å². The highest BCUT2D eigenvalue weighted by Gasteiger charge is 2.18. The molecular formula is C32H31N2O. The van der Waals surface area contributed by atoms with E-state index in [2.05, 4.69) is 90.4 Å². The first-order valence-corrected chi connectivity index (χ1v) is 12.5. The zero-order valence-corrected chi connectivity index (χ0v) is 20.3. The molecule has 2 N–H and O–H groups in total. The Kier molecular flexibility index (Phi) is 6.67. The second-order valence-electron chi connectivity index (χ2n) is 9.31. The van der Waals surface area contributed by atoms with Gasteiger partial charge in [0.05, 0.1) is 11.0 Å². The molecule has 3 heteroatoms. The number of primary amides is 1. The Morgan fingerprint density at radius 3 is 2.40 bits per heavy atom. The van der Waals surface area contributed by atoms with Crippen LogP contribution in [-0.4, -0.2) is 10.5 Å². The zero-order valence-electron chi connectivity index (χ0n) is 20.3. The lowest BCUT2D eigenvalue weighted by Gasteiger charge is -2.13. The van der Waals surface area contributed by atoms with Gasteiger partial charge in [0, 0.05) is 22.9 Å². The highest BCUT2D eigenvalue weighted by molar-refractivity contribution is 6.17. The third-order valence-corrected chi connectivity index (χ3v) is 6.87. The molecule has 1 aromatic heterocycles. The second kappa shape index (κ2) is 10.2. The second-order valence-corrected chi connectivity index (χ2v) is 9.31. The lowest BCUT2D eigenvalue weighted by Crippen LogP contribution is -2.11. The Bertz CT molecular complexity index is 1480. The van der Waals surface area contributed by atoms with Crippen molar-refractivity contribution in [2.24, 2.45) is 5.73 Å². The number of aromatic nitrogens is 1. The molecule has 5 rings (SSSR count). The number of aryl methyl sites for hydroxylation is 1. The minimum Gasteiger partial charge on any atom is -0.366 e. The van der Waals surface area contributed by atoms with E-state index in [1.54, 1.807) is 0 Å². The molecule has 0 saturated heterocycles. The smallest absolute Gasteiger partial charge is 0.249 e. The molecule has 4 aromatic carbocycles. The van der Waals surface area contributed by atoms with E-state index in [0.29, 0.717) is 5.56 Å². The van der Waals surface area contributed by atoms with Crippen molar-refractivity contribution in [1.29, 1.82) is 0 Å². The van der Waals surface area contributed by atoms with Gasteiger partial charge in [-0.2, -0.15) is 0 Å². The maximum absolute atomic E-state index is 12.3. The van der Waals surface area contributed by atoms with E-state index in [0.717, 1.165) is 41.2 Å². The number of rotatable bonds is 9. The van der Waals surface area contributed by atoms with Crippen molar-refractivity contribution in [3.05, 3.63) is 119 Å². The van der Waals surface area contributed by atoms with Crippen LogP contribution in [0.2, 0.25) is 0 Å². The fourth-order valence-corrected chi connectivity index (χ4v) is 5.07. The number of carbonyl (C=O) groups excluding carboxylic acids is 1. The molecule has 0 saturated carbocycles. The van der Waals surface area contributed by atoms with E-state index in [9.17, 15) is 4.79 Å². The summed E-state index contributed by atoms with van der Waals surface area (Å²) in [5, 5.41) is 1.87. The van der Waals surface area contributed by atoms with Crippen molar-refractivity contribution in [3.63, 3.8) is 0 Å². The summed E-state index contributed by atoms with van der Waals surface area (Å²) in [5.41, 5.74) is 13.6. The van der Waals surface area contributed by atoms with Crippen LogP contribution in [0, 0.1) is 6.07 Å². The SMILES string of the molecule is CCCCCc1c[c]c2c3c(C(N)=O)cccc3n(Cc3ccccc3Cc3ccccc3)c2c1. The molecule has 5 aromatic rings. The minimum atomic E-state index is -0.403. The molecule has 0 aliphatic rings. The van der Waals surface area contributed by atoms with Crippen LogP contribution in [0.4, 0.5) is 0 Å². The van der Waals surface area contributed by atoms with Crippen molar-refractivity contribution in [1.82, 2.24) is 4.57 Å². The van der Waals surface area contributed by atoms with Gasteiger partial charge < -0.3 is 10.3 Å². The molecule has 35 heavy (non-hydrogen) atoms. The molecule has 0 bridgehead atoms. The third-order valence-electron chi connectivity index (χ3n) is 6.87. The summed E-state index contributed by atoms with van der Waals surface area (Å²) in [6.07, 6.45) is 5.51. The van der Waals surface area contributed by atoms with Gasteiger partial charge in [-0.25, -0.2) is 0 Å². The Labute approximate surface area is 207 Å². The van der Waals surface area contributed by atoms with E-state index in [4.69, 9.17) is 5.73 Å². The van der Waals surface area contributed by atoms with Gasteiger partial charge in [0.2, 0.25) is 5.91 Å². The highest BCUT2D eigenvalue weighted by Crippen LogP contribution is 2.33. The van der Waals surface area contributed by atoms with Gasteiger partial charge in [0.1, 0.15) is 0 Å². The molecule has 0 aliphatic carbocycles. The van der Waals surface area contributed by atoms with E-state index in [1.165, 1.54) is 41.5 Å². The van der Waals surface area contributed by atoms with Crippen molar-refractivity contribution in [2.45, 2.75) is 45.6 Å². The Balaban J connectivity index is 1.64. The van der Waals surface area contributed by atoms with Gasteiger partial charge in [-0.3, -0.25) is 4.79 Å². The number of unbranched alkanes of at least 4 members (excludes halogenated alkanes) is 2. The lowest BCUT2D eigenvalue weighted by molar-refractivity contribution is 0.100. The predicted octanol–water partition coefficient (Wildman–Crippen LogP) is 7.07. The van der Waals surface area contributed by atoms with Gasteiger partial charge in [-0.1, -0.05) is 86.5 Å². The summed E-state index contributed by atoms with van der Waals surface area (Å²) in [6.45, 7) is 2.95. The molecule has 0 unspecified atom stereocenters. The van der Waals surface area contributed by atoms with E-state index >= 15 is 0 Å². The first-order valence-electron chi connectivity index (χ1n) is 12.5. The third kappa shape index (κ3) is 4.72. The molecule has 3 nitrogen and oxygen atoms in total. The summed E-state index contributed by atoms with van der Waals surface area (Å²) >= 11 is 0. The zero-order chi connectivity index (χ0) is 24.2. The summed E-state index contributed by atoms with van der Waals surface area (Å²) < 4.78 is 2.33. The van der Waals surface area contributed by atoms with Gasteiger partial charge in [-0.15, -0.1) is 0 Å². The first kappa shape index (κ1) is 22.9. The van der Waals surface area contributed by atoms with Crippen LogP contribution in [0.3, 0.4) is 0 Å². The highest BCUT2D eigenvalue weighted by atomic mass is 16.1. The number of hydrogen-bond acceptors (Lipinski definition) is 1. The minimum absolute atomic E-state index is 0.403. The van der Waals surface area contributed by atoms with E-state index in [-0.39, 0.29) is 0 Å². The average molecular weight is 460 g/mol. The number of nitrogens with two attached hydrogens (primary N) is 1. The molecule has 0 fully saturated rings. The maximum Gasteiger partial charge on any atom is 0.249 e. The largest absolute Gasteiger partial charge is 0.366 e. The monoisotopic (exact) mass is 459 g/mol. The van der Waals surface area contributed by atoms with Crippen molar-refractivity contribution >= 4 is 27.7 Å². The van der Waals surface area contributed by atoms with Gasteiger partial charge in [-0.05, 0) is 65.8 Å². The topological polar surface area (TPSA) is 48.0 Å². The van der Waals surface area contributed by atoms with E-state index < -0.39 is 5.91 Å². The Morgan fingerprint density at radius 1 is 0.857 bits per heavy atom. The number of nitrogens with zero attached hydrogens (tertiary/aromatic N) is 1. The summed E-state index contributed by atoms with van der Waals surface area (Å²) in [6, 6.07) is 32.9. The average Bonchev–Trinajstić information content (AvgIpc) is 3.19.